The normalized spacial score (nSPS) is 10.6. The van der Waals surface area contributed by atoms with E-state index in [9.17, 15) is 10.1 Å². The highest BCUT2D eigenvalue weighted by molar-refractivity contribution is 7.16. The largest absolute Gasteiger partial charge is 0.490 e. The highest BCUT2D eigenvalue weighted by Gasteiger charge is 2.16. The molecule has 3 rings (SSSR count). The number of nitro benzene ring substituents is 1. The molecule has 0 radical (unpaired) electrons. The molecule has 0 fully saturated rings. The van der Waals surface area contributed by atoms with Crippen molar-refractivity contribution in [2.45, 2.75) is 0 Å². The van der Waals surface area contributed by atoms with Crippen LogP contribution in [-0.2, 0) is 0 Å². The molecule has 0 atom stereocenters. The zero-order chi connectivity index (χ0) is 15.7. The first-order chi connectivity index (χ1) is 10.6. The first-order valence-electron chi connectivity index (χ1n) is 6.08. The van der Waals surface area contributed by atoms with Gasteiger partial charge in [0, 0.05) is 11.8 Å². The summed E-state index contributed by atoms with van der Waals surface area (Å²) >= 11 is 7.33. The van der Waals surface area contributed by atoms with Gasteiger partial charge in [0.1, 0.15) is 10.6 Å². The molecule has 9 heteroatoms. The predicted octanol–water partition coefficient (Wildman–Crippen LogP) is 4.01. The summed E-state index contributed by atoms with van der Waals surface area (Å²) in [4.78, 5) is 19.6. The highest BCUT2D eigenvalue weighted by atomic mass is 35.5. The van der Waals surface area contributed by atoms with E-state index in [1.807, 2.05) is 11.4 Å². The molecule has 0 aliphatic heterocycles. The van der Waals surface area contributed by atoms with Crippen molar-refractivity contribution in [3.8, 4) is 5.75 Å². The monoisotopic (exact) mass is 336 g/mol. The second-order valence-electron chi connectivity index (χ2n) is 4.25. The number of nitrogens with zero attached hydrogens (tertiary/aromatic N) is 3. The maximum Gasteiger partial charge on any atom is 0.312 e. The lowest BCUT2D eigenvalue weighted by molar-refractivity contribution is -0.385. The zero-order valence-electron chi connectivity index (χ0n) is 11.2. The van der Waals surface area contributed by atoms with Crippen molar-refractivity contribution in [3.63, 3.8) is 0 Å². The van der Waals surface area contributed by atoms with E-state index in [0.29, 0.717) is 11.5 Å². The SMILES string of the molecule is COc1ccc(Nc2nc(Cl)nc3sccc23)cc1[N+](=O)[O-]. The number of fused-ring (bicyclic) bond motifs is 1. The minimum atomic E-state index is -0.503. The van der Waals surface area contributed by atoms with Crippen molar-refractivity contribution in [2.75, 3.05) is 12.4 Å². The van der Waals surface area contributed by atoms with E-state index in [1.54, 1.807) is 6.07 Å². The number of ether oxygens (including phenoxy) is 1. The molecule has 0 amide bonds. The molecule has 0 unspecified atom stereocenters. The third-order valence-corrected chi connectivity index (χ3v) is 3.91. The molecule has 2 aromatic heterocycles. The first-order valence-corrected chi connectivity index (χ1v) is 7.34. The molecule has 3 aromatic rings. The van der Waals surface area contributed by atoms with E-state index >= 15 is 0 Å². The van der Waals surface area contributed by atoms with Gasteiger partial charge in [-0.25, -0.2) is 4.98 Å². The number of thiophene rings is 1. The average molecular weight is 337 g/mol. The number of hydrogen-bond donors (Lipinski definition) is 1. The van der Waals surface area contributed by atoms with Crippen LogP contribution in [0.5, 0.6) is 5.75 Å². The summed E-state index contributed by atoms with van der Waals surface area (Å²) in [6.45, 7) is 0. The number of benzene rings is 1. The van der Waals surface area contributed by atoms with Gasteiger partial charge in [0.05, 0.1) is 17.4 Å². The van der Waals surface area contributed by atoms with Crippen LogP contribution in [0.3, 0.4) is 0 Å². The summed E-state index contributed by atoms with van der Waals surface area (Å²) in [6, 6.07) is 6.43. The summed E-state index contributed by atoms with van der Waals surface area (Å²) in [6.07, 6.45) is 0. The lowest BCUT2D eigenvalue weighted by Gasteiger charge is -2.08. The molecule has 2 heterocycles. The number of nitro groups is 1. The van der Waals surface area contributed by atoms with Gasteiger partial charge in [0.15, 0.2) is 5.75 Å². The second-order valence-corrected chi connectivity index (χ2v) is 5.48. The van der Waals surface area contributed by atoms with Crippen LogP contribution in [0.25, 0.3) is 10.2 Å². The van der Waals surface area contributed by atoms with E-state index in [2.05, 4.69) is 15.3 Å². The van der Waals surface area contributed by atoms with Gasteiger partial charge in [0.2, 0.25) is 5.28 Å². The van der Waals surface area contributed by atoms with Crippen LogP contribution in [0.2, 0.25) is 5.28 Å². The Kier molecular flexibility index (Phi) is 3.78. The molecule has 1 aromatic carbocycles. The van der Waals surface area contributed by atoms with Crippen LogP contribution in [0, 0.1) is 10.1 Å². The fourth-order valence-corrected chi connectivity index (χ4v) is 2.95. The van der Waals surface area contributed by atoms with Gasteiger partial charge < -0.3 is 10.1 Å². The maximum absolute atomic E-state index is 11.1. The number of methoxy groups -OCH3 is 1. The number of anilines is 2. The van der Waals surface area contributed by atoms with Crippen LogP contribution in [0.4, 0.5) is 17.2 Å². The van der Waals surface area contributed by atoms with Gasteiger partial charge in [-0.3, -0.25) is 10.1 Å². The first kappa shape index (κ1) is 14.5. The number of halogens is 1. The van der Waals surface area contributed by atoms with E-state index in [0.717, 1.165) is 10.2 Å². The van der Waals surface area contributed by atoms with E-state index < -0.39 is 4.92 Å². The molecule has 0 saturated carbocycles. The Hall–Kier alpha value is -2.45. The smallest absolute Gasteiger partial charge is 0.312 e. The lowest BCUT2D eigenvalue weighted by atomic mass is 10.2. The topological polar surface area (TPSA) is 90.2 Å². The molecule has 0 aliphatic carbocycles. The van der Waals surface area contributed by atoms with Crippen molar-refractivity contribution < 1.29 is 9.66 Å². The van der Waals surface area contributed by atoms with Crippen LogP contribution in [0.15, 0.2) is 29.6 Å². The Bertz CT molecular complexity index is 868. The van der Waals surface area contributed by atoms with Crippen molar-refractivity contribution in [2.24, 2.45) is 0 Å². The summed E-state index contributed by atoms with van der Waals surface area (Å²) in [5.41, 5.74) is 0.379. The minimum Gasteiger partial charge on any atom is -0.490 e. The average Bonchev–Trinajstić information content (AvgIpc) is 2.95. The van der Waals surface area contributed by atoms with Crippen LogP contribution < -0.4 is 10.1 Å². The summed E-state index contributed by atoms with van der Waals surface area (Å²) in [5, 5.41) is 16.9. The molecule has 0 saturated heterocycles. The minimum absolute atomic E-state index is 0.112. The Morgan fingerprint density at radius 1 is 1.36 bits per heavy atom. The summed E-state index contributed by atoms with van der Waals surface area (Å²) in [7, 11) is 1.38. The molecular weight excluding hydrogens is 328 g/mol. The van der Waals surface area contributed by atoms with Gasteiger partial charge >= 0.3 is 5.69 Å². The summed E-state index contributed by atoms with van der Waals surface area (Å²) < 4.78 is 4.97. The van der Waals surface area contributed by atoms with E-state index in [1.165, 1.54) is 30.6 Å². The highest BCUT2D eigenvalue weighted by Crippen LogP contribution is 2.33. The van der Waals surface area contributed by atoms with Gasteiger partial charge in [-0.2, -0.15) is 4.98 Å². The Morgan fingerprint density at radius 2 is 2.18 bits per heavy atom. The lowest BCUT2D eigenvalue weighted by Crippen LogP contribution is -1.98. The van der Waals surface area contributed by atoms with Gasteiger partial charge in [-0.15, -0.1) is 11.3 Å². The molecule has 0 aliphatic rings. The molecule has 7 nitrogen and oxygen atoms in total. The van der Waals surface area contributed by atoms with Crippen molar-refractivity contribution >= 4 is 50.3 Å². The number of aromatic nitrogens is 2. The molecular formula is C13H9ClN4O3S. The molecule has 112 valence electrons. The Balaban J connectivity index is 2.03. The fourth-order valence-electron chi connectivity index (χ4n) is 1.97. The summed E-state index contributed by atoms with van der Waals surface area (Å²) in [5.74, 6) is 0.688. The van der Waals surface area contributed by atoms with Crippen LogP contribution >= 0.6 is 22.9 Å². The van der Waals surface area contributed by atoms with Crippen molar-refractivity contribution in [1.29, 1.82) is 0 Å². The quantitative estimate of drug-likeness (QED) is 0.440. The number of hydrogen-bond acceptors (Lipinski definition) is 7. The number of nitrogens with one attached hydrogen (secondary N) is 1. The third kappa shape index (κ3) is 2.66. The van der Waals surface area contributed by atoms with E-state index in [4.69, 9.17) is 16.3 Å². The third-order valence-electron chi connectivity index (χ3n) is 2.94. The van der Waals surface area contributed by atoms with Crippen LogP contribution in [0.1, 0.15) is 0 Å². The van der Waals surface area contributed by atoms with Crippen molar-refractivity contribution in [1.82, 2.24) is 9.97 Å². The van der Waals surface area contributed by atoms with Gasteiger partial charge in [0.25, 0.3) is 0 Å². The molecule has 22 heavy (non-hydrogen) atoms. The fraction of sp³-hybridized carbons (Fsp3) is 0.0769. The predicted molar refractivity (Wildman–Crippen MR) is 85.4 cm³/mol. The molecule has 0 spiro atoms. The molecule has 1 N–H and O–H groups in total. The molecule has 0 bridgehead atoms. The second kappa shape index (κ2) is 5.74. The number of rotatable bonds is 4. The standard InChI is InChI=1S/C13H9ClN4O3S/c1-21-10-3-2-7(6-9(10)18(19)20)15-11-8-4-5-22-12(8)17-13(14)16-11/h2-6H,1H3,(H,15,16,17). The van der Waals surface area contributed by atoms with E-state index in [-0.39, 0.29) is 16.7 Å². The zero-order valence-corrected chi connectivity index (χ0v) is 12.8. The van der Waals surface area contributed by atoms with Crippen molar-refractivity contribution in [3.05, 3.63) is 45.0 Å². The van der Waals surface area contributed by atoms with Gasteiger partial charge in [-0.1, -0.05) is 0 Å². The van der Waals surface area contributed by atoms with Gasteiger partial charge in [-0.05, 0) is 35.2 Å². The van der Waals surface area contributed by atoms with Crippen LogP contribution in [-0.4, -0.2) is 22.0 Å². The Labute approximate surface area is 133 Å². The Morgan fingerprint density at radius 3 is 2.91 bits per heavy atom. The maximum atomic E-state index is 11.1.